The second-order valence-corrected chi connectivity index (χ2v) is 6.49. The average molecular weight is 366 g/mol. The first-order chi connectivity index (χ1) is 10.1. The van der Waals surface area contributed by atoms with Crippen molar-refractivity contribution < 1.29 is 4.42 Å². The van der Waals surface area contributed by atoms with E-state index in [9.17, 15) is 0 Å². The molecular weight excluding hydrogens is 352 g/mol. The molecule has 0 unspecified atom stereocenters. The summed E-state index contributed by atoms with van der Waals surface area (Å²) in [6.45, 7) is 4.30. The van der Waals surface area contributed by atoms with Crippen molar-refractivity contribution in [3.05, 3.63) is 45.8 Å². The van der Waals surface area contributed by atoms with Crippen LogP contribution in [0.5, 0.6) is 0 Å². The molecule has 0 spiro atoms. The summed E-state index contributed by atoms with van der Waals surface area (Å²) in [5.41, 5.74) is 2.61. The Morgan fingerprint density at radius 3 is 2.76 bits per heavy atom. The van der Waals surface area contributed by atoms with Gasteiger partial charge in [0.1, 0.15) is 17.0 Å². The van der Waals surface area contributed by atoms with Gasteiger partial charge in [-0.3, -0.25) is 0 Å². The van der Waals surface area contributed by atoms with Crippen LogP contribution in [-0.2, 0) is 6.42 Å². The molecule has 0 bridgehead atoms. The summed E-state index contributed by atoms with van der Waals surface area (Å²) in [4.78, 5) is 9.04. The van der Waals surface area contributed by atoms with Crippen LogP contribution < -0.4 is 0 Å². The van der Waals surface area contributed by atoms with Gasteiger partial charge in [-0.05, 0) is 34.3 Å². The van der Waals surface area contributed by atoms with E-state index in [0.717, 1.165) is 33.1 Å². The minimum atomic E-state index is 0.431. The first-order valence-electron chi connectivity index (χ1n) is 6.74. The van der Waals surface area contributed by atoms with E-state index in [2.05, 4.69) is 39.7 Å². The Morgan fingerprint density at radius 1 is 1.24 bits per heavy atom. The van der Waals surface area contributed by atoms with Gasteiger partial charge in [0, 0.05) is 5.39 Å². The van der Waals surface area contributed by atoms with Crippen LogP contribution in [-0.4, -0.2) is 9.97 Å². The summed E-state index contributed by atoms with van der Waals surface area (Å²) >= 11 is 9.72. The zero-order chi connectivity index (χ0) is 15.0. The maximum Gasteiger partial charge on any atom is 0.165 e. The monoisotopic (exact) mass is 364 g/mol. The highest BCUT2D eigenvalue weighted by atomic mass is 79.9. The van der Waals surface area contributed by atoms with Crippen molar-refractivity contribution in [2.45, 2.75) is 20.3 Å². The summed E-state index contributed by atoms with van der Waals surface area (Å²) in [5.74, 6) is 1.09. The van der Waals surface area contributed by atoms with E-state index >= 15 is 0 Å². The van der Waals surface area contributed by atoms with Crippen LogP contribution in [0.1, 0.15) is 19.5 Å². The van der Waals surface area contributed by atoms with E-state index in [1.54, 1.807) is 6.26 Å². The summed E-state index contributed by atoms with van der Waals surface area (Å²) in [6, 6.07) is 7.83. The van der Waals surface area contributed by atoms with E-state index in [0.29, 0.717) is 16.9 Å². The van der Waals surface area contributed by atoms with Gasteiger partial charge in [0.25, 0.3) is 0 Å². The zero-order valence-electron chi connectivity index (χ0n) is 11.7. The minimum Gasteiger partial charge on any atom is -0.464 e. The number of halogens is 2. The maximum absolute atomic E-state index is 6.24. The van der Waals surface area contributed by atoms with Crippen LogP contribution in [0.2, 0.25) is 5.15 Å². The van der Waals surface area contributed by atoms with Gasteiger partial charge in [0.15, 0.2) is 5.82 Å². The van der Waals surface area contributed by atoms with Crippen LogP contribution in [0.3, 0.4) is 0 Å². The van der Waals surface area contributed by atoms with Crippen molar-refractivity contribution in [1.29, 1.82) is 0 Å². The number of nitrogens with zero attached hydrogens (tertiary/aromatic N) is 2. The van der Waals surface area contributed by atoms with Gasteiger partial charge in [0.2, 0.25) is 0 Å². The molecule has 0 amide bonds. The van der Waals surface area contributed by atoms with E-state index in [1.807, 2.05) is 24.3 Å². The molecule has 0 fully saturated rings. The number of benzene rings is 1. The Balaban J connectivity index is 2.16. The van der Waals surface area contributed by atoms with Gasteiger partial charge in [-0.15, -0.1) is 0 Å². The van der Waals surface area contributed by atoms with E-state index < -0.39 is 0 Å². The van der Waals surface area contributed by atoms with Crippen molar-refractivity contribution in [3.8, 4) is 11.4 Å². The summed E-state index contributed by atoms with van der Waals surface area (Å²) in [5, 5.41) is 1.42. The fraction of sp³-hybridized carbons (Fsp3) is 0.250. The Labute approximate surface area is 136 Å². The van der Waals surface area contributed by atoms with Crippen LogP contribution in [0.25, 0.3) is 22.4 Å². The number of aromatic nitrogens is 2. The standard InChI is InChI=1S/C16H14BrClN2O/c1-9(2)7-12-14(17)15(18)20-16(19-12)11-8-21-13-6-4-3-5-10(11)13/h3-6,8-9H,7H2,1-2H3. The van der Waals surface area contributed by atoms with Gasteiger partial charge in [-0.25, -0.2) is 9.97 Å². The number of furan rings is 1. The lowest BCUT2D eigenvalue weighted by molar-refractivity contribution is 0.616. The molecule has 108 valence electrons. The minimum absolute atomic E-state index is 0.431. The van der Waals surface area contributed by atoms with Gasteiger partial charge in [-0.1, -0.05) is 43.6 Å². The summed E-state index contributed by atoms with van der Waals surface area (Å²) < 4.78 is 6.33. The Kier molecular flexibility index (Phi) is 4.00. The largest absolute Gasteiger partial charge is 0.464 e. The first kappa shape index (κ1) is 14.5. The summed E-state index contributed by atoms with van der Waals surface area (Å²) in [7, 11) is 0. The van der Waals surface area contributed by atoms with Gasteiger partial charge in [-0.2, -0.15) is 0 Å². The molecular formula is C16H14BrClN2O. The highest BCUT2D eigenvalue weighted by molar-refractivity contribution is 9.10. The van der Waals surface area contributed by atoms with Gasteiger partial charge < -0.3 is 4.42 Å². The van der Waals surface area contributed by atoms with Crippen molar-refractivity contribution >= 4 is 38.5 Å². The predicted molar refractivity (Wildman–Crippen MR) is 88.5 cm³/mol. The fourth-order valence-electron chi connectivity index (χ4n) is 2.26. The molecule has 0 aliphatic carbocycles. The molecule has 0 saturated heterocycles. The normalized spacial score (nSPS) is 11.5. The molecule has 0 radical (unpaired) electrons. The molecule has 0 N–H and O–H groups in total. The molecule has 5 heteroatoms. The molecule has 2 aromatic heterocycles. The predicted octanol–water partition coefficient (Wildman–Crippen LogP) is 5.50. The van der Waals surface area contributed by atoms with Crippen LogP contribution in [0, 0.1) is 5.92 Å². The third-order valence-electron chi connectivity index (χ3n) is 3.20. The molecule has 1 aromatic carbocycles. The number of para-hydroxylation sites is 1. The van der Waals surface area contributed by atoms with Crippen molar-refractivity contribution in [2.24, 2.45) is 5.92 Å². The third-order valence-corrected chi connectivity index (χ3v) is 4.54. The molecule has 0 aliphatic rings. The highest BCUT2D eigenvalue weighted by Gasteiger charge is 2.16. The van der Waals surface area contributed by atoms with Crippen LogP contribution >= 0.6 is 27.5 Å². The van der Waals surface area contributed by atoms with Gasteiger partial charge in [0.05, 0.1) is 15.7 Å². The van der Waals surface area contributed by atoms with Crippen molar-refractivity contribution in [3.63, 3.8) is 0 Å². The second-order valence-electron chi connectivity index (χ2n) is 5.34. The lowest BCUT2D eigenvalue weighted by atomic mass is 10.1. The molecule has 3 rings (SSSR count). The topological polar surface area (TPSA) is 38.9 Å². The van der Waals surface area contributed by atoms with Gasteiger partial charge >= 0.3 is 0 Å². The third kappa shape index (κ3) is 2.83. The van der Waals surface area contributed by atoms with E-state index in [-0.39, 0.29) is 0 Å². The second kappa shape index (κ2) is 5.78. The molecule has 3 aromatic rings. The first-order valence-corrected chi connectivity index (χ1v) is 7.92. The van der Waals surface area contributed by atoms with Crippen LogP contribution in [0.15, 0.2) is 39.4 Å². The molecule has 3 nitrogen and oxygen atoms in total. The Hall–Kier alpha value is -1.39. The summed E-state index contributed by atoms with van der Waals surface area (Å²) in [6.07, 6.45) is 2.52. The molecule has 21 heavy (non-hydrogen) atoms. The molecule has 0 aliphatic heterocycles. The number of hydrogen-bond acceptors (Lipinski definition) is 3. The van der Waals surface area contributed by atoms with E-state index in [1.165, 1.54) is 0 Å². The maximum atomic E-state index is 6.24. The smallest absolute Gasteiger partial charge is 0.165 e. The Bertz CT molecular complexity index is 798. The average Bonchev–Trinajstić information content (AvgIpc) is 2.87. The lowest BCUT2D eigenvalue weighted by Gasteiger charge is -2.09. The molecule has 0 atom stereocenters. The van der Waals surface area contributed by atoms with Crippen LogP contribution in [0.4, 0.5) is 0 Å². The molecule has 0 saturated carbocycles. The van der Waals surface area contributed by atoms with Crippen molar-refractivity contribution in [1.82, 2.24) is 9.97 Å². The van der Waals surface area contributed by atoms with Crippen molar-refractivity contribution in [2.75, 3.05) is 0 Å². The Morgan fingerprint density at radius 2 is 2.00 bits per heavy atom. The quantitative estimate of drug-likeness (QED) is 0.575. The van der Waals surface area contributed by atoms with E-state index in [4.69, 9.17) is 16.0 Å². The molecule has 2 heterocycles. The SMILES string of the molecule is CC(C)Cc1nc(-c2coc3ccccc23)nc(Cl)c1Br. The fourth-order valence-corrected chi connectivity index (χ4v) is 2.78. The number of hydrogen-bond donors (Lipinski definition) is 0. The number of rotatable bonds is 3. The zero-order valence-corrected chi connectivity index (χ0v) is 14.1. The lowest BCUT2D eigenvalue weighted by Crippen LogP contribution is -2.02. The highest BCUT2D eigenvalue weighted by Crippen LogP contribution is 2.32. The number of fused-ring (bicyclic) bond motifs is 1.